The molecule has 0 bridgehead atoms. The van der Waals surface area contributed by atoms with Crippen molar-refractivity contribution in [2.45, 2.75) is 6.61 Å². The van der Waals surface area contributed by atoms with E-state index in [1.165, 1.54) is 13.3 Å². The fourth-order valence-corrected chi connectivity index (χ4v) is 4.12. The van der Waals surface area contributed by atoms with Crippen LogP contribution in [-0.4, -0.2) is 25.8 Å². The Labute approximate surface area is 228 Å². The summed E-state index contributed by atoms with van der Waals surface area (Å²) in [6.07, 6.45) is 1.47. The number of benzene rings is 3. The van der Waals surface area contributed by atoms with Gasteiger partial charge >= 0.3 is 0 Å². The van der Waals surface area contributed by atoms with Gasteiger partial charge in [0.1, 0.15) is 12.4 Å². The maximum absolute atomic E-state index is 12.0. The second kappa shape index (κ2) is 12.7. The summed E-state index contributed by atoms with van der Waals surface area (Å²) in [6.45, 7) is 0.0295. The number of methoxy groups -OCH3 is 1. The van der Waals surface area contributed by atoms with Crippen LogP contribution in [-0.2, 0) is 11.4 Å². The van der Waals surface area contributed by atoms with Crippen LogP contribution in [0.4, 0.5) is 0 Å². The number of carbonyl (C=O) groups excluding carboxylic acids is 1. The van der Waals surface area contributed by atoms with Crippen LogP contribution in [0.5, 0.6) is 17.2 Å². The first-order valence-corrected chi connectivity index (χ1v) is 12.3. The monoisotopic (exact) mass is 648 g/mol. The molecule has 0 unspecified atom stereocenters. The molecule has 0 saturated heterocycles. The second-order valence-electron chi connectivity index (χ2n) is 6.70. The van der Waals surface area contributed by atoms with Crippen LogP contribution in [0.1, 0.15) is 11.1 Å². The summed E-state index contributed by atoms with van der Waals surface area (Å²) in [7, 11) is 1.53. The van der Waals surface area contributed by atoms with Crippen LogP contribution >= 0.6 is 66.7 Å². The van der Waals surface area contributed by atoms with Gasteiger partial charge in [0.15, 0.2) is 18.1 Å². The van der Waals surface area contributed by atoms with Gasteiger partial charge in [-0.2, -0.15) is 5.10 Å². The predicted octanol–water partition coefficient (Wildman–Crippen LogP) is 7.29. The Hall–Kier alpha value is -1.97. The van der Waals surface area contributed by atoms with Crippen molar-refractivity contribution in [2.75, 3.05) is 13.7 Å². The van der Waals surface area contributed by atoms with Crippen molar-refractivity contribution in [2.24, 2.45) is 5.10 Å². The Morgan fingerprint density at radius 3 is 2.53 bits per heavy atom. The molecule has 1 N–H and O–H groups in total. The number of rotatable bonds is 9. The molecule has 0 saturated carbocycles. The van der Waals surface area contributed by atoms with Crippen molar-refractivity contribution in [1.29, 1.82) is 0 Å². The molecule has 3 rings (SSSR count). The Morgan fingerprint density at radius 1 is 1.03 bits per heavy atom. The van der Waals surface area contributed by atoms with Gasteiger partial charge < -0.3 is 14.2 Å². The van der Waals surface area contributed by atoms with E-state index in [0.717, 1.165) is 5.56 Å². The fraction of sp³-hybridized carbons (Fsp3) is 0.130. The number of nitrogens with one attached hydrogen (secondary N) is 1. The number of hydrogen-bond donors (Lipinski definition) is 1. The van der Waals surface area contributed by atoms with Crippen LogP contribution < -0.4 is 19.6 Å². The van der Waals surface area contributed by atoms with Gasteiger partial charge in [0.2, 0.25) is 0 Å². The van der Waals surface area contributed by atoms with Gasteiger partial charge in [-0.05, 0) is 73.8 Å². The minimum absolute atomic E-state index is 0.215. The lowest BCUT2D eigenvalue weighted by Crippen LogP contribution is -2.24. The predicted molar refractivity (Wildman–Crippen MR) is 142 cm³/mol. The molecule has 178 valence electrons. The van der Waals surface area contributed by atoms with Gasteiger partial charge in [0.25, 0.3) is 5.91 Å². The summed E-state index contributed by atoms with van der Waals surface area (Å²) in [5.41, 5.74) is 3.89. The molecule has 1 amide bonds. The average Bonchev–Trinajstić information content (AvgIpc) is 2.82. The lowest BCUT2D eigenvalue weighted by atomic mass is 10.2. The van der Waals surface area contributed by atoms with E-state index in [4.69, 9.17) is 49.0 Å². The number of carbonyl (C=O) groups is 1. The maximum atomic E-state index is 12.0. The van der Waals surface area contributed by atoms with Gasteiger partial charge in [-0.15, -0.1) is 0 Å². The summed E-state index contributed by atoms with van der Waals surface area (Å²) >= 11 is 25.0. The van der Waals surface area contributed by atoms with E-state index in [9.17, 15) is 4.79 Å². The molecule has 34 heavy (non-hydrogen) atoms. The van der Waals surface area contributed by atoms with E-state index in [1.807, 2.05) is 6.07 Å². The van der Waals surface area contributed by atoms with E-state index in [1.54, 1.807) is 42.5 Å². The van der Waals surface area contributed by atoms with Gasteiger partial charge in [0, 0.05) is 15.1 Å². The van der Waals surface area contributed by atoms with E-state index in [0.29, 0.717) is 46.8 Å². The van der Waals surface area contributed by atoms with Gasteiger partial charge in [-0.1, -0.05) is 46.9 Å². The van der Waals surface area contributed by atoms with Gasteiger partial charge in [-0.3, -0.25) is 4.79 Å². The lowest BCUT2D eigenvalue weighted by molar-refractivity contribution is -0.123. The van der Waals surface area contributed by atoms with E-state index in [-0.39, 0.29) is 13.2 Å². The zero-order valence-corrected chi connectivity index (χ0v) is 23.0. The third-order valence-corrected chi connectivity index (χ3v) is 7.42. The maximum Gasteiger partial charge on any atom is 0.277 e. The minimum atomic E-state index is -0.431. The van der Waals surface area contributed by atoms with Crippen molar-refractivity contribution < 1.29 is 19.0 Å². The molecular formula is C23H17Br2Cl3N2O4. The summed E-state index contributed by atoms with van der Waals surface area (Å²) in [4.78, 5) is 12.0. The minimum Gasteiger partial charge on any atom is -0.493 e. The molecule has 0 radical (unpaired) electrons. The molecule has 3 aromatic rings. The van der Waals surface area contributed by atoms with Gasteiger partial charge in [0.05, 0.1) is 27.8 Å². The number of halogens is 5. The van der Waals surface area contributed by atoms with Crippen LogP contribution in [0.3, 0.4) is 0 Å². The Morgan fingerprint density at radius 2 is 1.82 bits per heavy atom. The first kappa shape index (κ1) is 26.6. The van der Waals surface area contributed by atoms with Crippen molar-refractivity contribution in [1.82, 2.24) is 5.43 Å². The molecule has 0 aliphatic rings. The third kappa shape index (κ3) is 7.26. The Bertz CT molecular complexity index is 1230. The average molecular weight is 652 g/mol. The quantitative estimate of drug-likeness (QED) is 0.195. The van der Waals surface area contributed by atoms with Gasteiger partial charge in [-0.25, -0.2) is 5.43 Å². The highest BCUT2D eigenvalue weighted by atomic mass is 79.9. The third-order valence-electron chi connectivity index (χ3n) is 4.30. The molecule has 0 atom stereocenters. The zero-order chi connectivity index (χ0) is 24.7. The number of ether oxygens (including phenoxy) is 3. The highest BCUT2D eigenvalue weighted by molar-refractivity contribution is 9.13. The lowest BCUT2D eigenvalue weighted by Gasteiger charge is -2.15. The molecule has 0 spiro atoms. The van der Waals surface area contributed by atoms with E-state index < -0.39 is 5.91 Å². The summed E-state index contributed by atoms with van der Waals surface area (Å²) in [5.74, 6) is 1.00. The van der Waals surface area contributed by atoms with Crippen molar-refractivity contribution in [3.8, 4) is 17.2 Å². The largest absolute Gasteiger partial charge is 0.493 e. The molecule has 0 aromatic heterocycles. The normalized spacial score (nSPS) is 10.9. The standard InChI is InChI=1S/C23H17Br2Cl3N2O4/c1-32-19-8-14(10-29-30-20(31)12-33-16-4-2-3-15(26)9-16)21(24)22(25)23(19)34-11-13-5-6-17(27)18(28)7-13/h2-10H,11-12H2,1H3,(H,30,31)/b29-10+. The topological polar surface area (TPSA) is 69.2 Å². The molecule has 6 nitrogen and oxygen atoms in total. The summed E-state index contributed by atoms with van der Waals surface area (Å²) < 4.78 is 18.1. The number of hydrazone groups is 1. The number of amides is 1. The van der Waals surface area contributed by atoms with Crippen LogP contribution in [0, 0.1) is 0 Å². The number of hydrogen-bond acceptors (Lipinski definition) is 5. The van der Waals surface area contributed by atoms with Crippen LogP contribution in [0.25, 0.3) is 0 Å². The van der Waals surface area contributed by atoms with Crippen molar-refractivity contribution in [3.05, 3.63) is 83.7 Å². The zero-order valence-electron chi connectivity index (χ0n) is 17.6. The summed E-state index contributed by atoms with van der Waals surface area (Å²) in [5, 5.41) is 5.42. The van der Waals surface area contributed by atoms with E-state index >= 15 is 0 Å². The van der Waals surface area contributed by atoms with Crippen molar-refractivity contribution >= 4 is 78.8 Å². The molecule has 0 aliphatic heterocycles. The summed E-state index contributed by atoms with van der Waals surface area (Å²) in [6, 6.07) is 13.7. The number of nitrogens with zero attached hydrogens (tertiary/aromatic N) is 1. The molecular weight excluding hydrogens is 634 g/mol. The molecule has 0 heterocycles. The highest BCUT2D eigenvalue weighted by Gasteiger charge is 2.17. The fourth-order valence-electron chi connectivity index (χ4n) is 2.68. The SMILES string of the molecule is COc1cc(/C=N/NC(=O)COc2cccc(Cl)c2)c(Br)c(Br)c1OCc1ccc(Cl)c(Cl)c1. The highest BCUT2D eigenvalue weighted by Crippen LogP contribution is 2.42. The molecule has 3 aromatic carbocycles. The Kier molecular flexibility index (Phi) is 9.91. The second-order valence-corrected chi connectivity index (χ2v) is 9.54. The van der Waals surface area contributed by atoms with Crippen LogP contribution in [0.15, 0.2) is 62.6 Å². The molecule has 0 aliphatic carbocycles. The Balaban J connectivity index is 1.65. The smallest absolute Gasteiger partial charge is 0.277 e. The van der Waals surface area contributed by atoms with Crippen LogP contribution in [0.2, 0.25) is 15.1 Å². The molecule has 11 heteroatoms. The first-order valence-electron chi connectivity index (χ1n) is 9.61. The first-order chi connectivity index (χ1) is 16.3. The van der Waals surface area contributed by atoms with E-state index in [2.05, 4.69) is 42.4 Å². The van der Waals surface area contributed by atoms with Crippen molar-refractivity contribution in [3.63, 3.8) is 0 Å². The molecule has 0 fully saturated rings.